The predicted molar refractivity (Wildman–Crippen MR) is 52.2 cm³/mol. The molecule has 0 radical (unpaired) electrons. The number of aliphatic imine (C=N–C) groups is 1. The Morgan fingerprint density at radius 1 is 1.20 bits per heavy atom. The van der Waals surface area contributed by atoms with E-state index in [1.165, 1.54) is 0 Å². The molecule has 0 saturated carbocycles. The van der Waals surface area contributed by atoms with Crippen molar-refractivity contribution in [3.8, 4) is 5.75 Å². The van der Waals surface area contributed by atoms with Gasteiger partial charge in [0.1, 0.15) is 0 Å². The van der Waals surface area contributed by atoms with E-state index in [-0.39, 0.29) is 0 Å². The second-order valence-corrected chi connectivity index (χ2v) is 2.91. The summed E-state index contributed by atoms with van der Waals surface area (Å²) in [6, 6.07) is 7.08. The number of hydrogen-bond donors (Lipinski definition) is 1. The van der Waals surface area contributed by atoms with Crippen LogP contribution in [0.4, 0.5) is 0 Å². The molecule has 5 nitrogen and oxygen atoms in total. The molecular weight excluding hydrogens is 198 g/mol. The van der Waals surface area contributed by atoms with Crippen LogP contribution in [0.2, 0.25) is 0 Å². The fraction of sp³-hybridized carbons (Fsp3) is 0.100. The highest BCUT2D eigenvalue weighted by atomic mass is 17.6. The molecule has 1 aliphatic heterocycles. The van der Waals surface area contributed by atoms with Gasteiger partial charge in [0.15, 0.2) is 5.75 Å². The van der Waals surface area contributed by atoms with Gasteiger partial charge in [-0.2, -0.15) is 0 Å². The van der Waals surface area contributed by atoms with Gasteiger partial charge in [0.05, 0.1) is 5.71 Å². The quantitative estimate of drug-likeness (QED) is 0.606. The summed E-state index contributed by atoms with van der Waals surface area (Å²) in [7, 11) is 0. The van der Waals surface area contributed by atoms with Crippen molar-refractivity contribution in [1.82, 2.24) is 0 Å². The van der Waals surface area contributed by atoms with Gasteiger partial charge in [-0.05, 0) is 34.9 Å². The minimum absolute atomic E-state index is 0.430. The molecule has 0 spiro atoms. The third-order valence-corrected chi connectivity index (χ3v) is 2.00. The largest absolute Gasteiger partial charge is 0.306 e. The van der Waals surface area contributed by atoms with Crippen LogP contribution >= 0.6 is 0 Å². The smallest absolute Gasteiger partial charge is 0.168 e. The lowest BCUT2D eigenvalue weighted by Gasteiger charge is -2.02. The molecule has 1 N–H and O–H groups in total. The monoisotopic (exact) mass is 207 g/mol. The van der Waals surface area contributed by atoms with Crippen molar-refractivity contribution < 1.29 is 20.2 Å². The summed E-state index contributed by atoms with van der Waals surface area (Å²) in [5.74, 6) is 0.430. The van der Waals surface area contributed by atoms with Gasteiger partial charge in [0.25, 0.3) is 0 Å². The summed E-state index contributed by atoms with van der Waals surface area (Å²) in [6.45, 7) is 0. The van der Waals surface area contributed by atoms with Gasteiger partial charge in [0, 0.05) is 17.7 Å². The summed E-state index contributed by atoms with van der Waals surface area (Å²) in [6.07, 6.45) is 4.61. The van der Waals surface area contributed by atoms with E-state index in [2.05, 4.69) is 20.0 Å². The van der Waals surface area contributed by atoms with Crippen LogP contribution in [-0.2, 0) is 10.1 Å². The standard InChI is InChI=1S/C10H9NO4/c12-14-15-13-9-5-3-8(4-6-9)10-2-1-7-11-10/h1,3-7,12H,2H2. The van der Waals surface area contributed by atoms with Crippen LogP contribution in [-0.4, -0.2) is 11.0 Å². The van der Waals surface area contributed by atoms with Gasteiger partial charge in [-0.15, -0.1) is 0 Å². The van der Waals surface area contributed by atoms with E-state index >= 15 is 0 Å². The molecule has 0 amide bonds. The van der Waals surface area contributed by atoms with Crippen LogP contribution < -0.4 is 4.89 Å². The normalized spacial score (nSPS) is 14.1. The lowest BCUT2D eigenvalue weighted by atomic mass is 10.1. The fourth-order valence-electron chi connectivity index (χ4n) is 1.31. The maximum Gasteiger partial charge on any atom is 0.168 e. The number of hydrogen-bond acceptors (Lipinski definition) is 5. The molecule has 0 aliphatic carbocycles. The molecule has 78 valence electrons. The van der Waals surface area contributed by atoms with Gasteiger partial charge in [-0.3, -0.25) is 4.99 Å². The van der Waals surface area contributed by atoms with Crippen molar-refractivity contribution in [2.45, 2.75) is 6.42 Å². The van der Waals surface area contributed by atoms with Gasteiger partial charge in [-0.25, -0.2) is 5.26 Å². The zero-order valence-electron chi connectivity index (χ0n) is 7.79. The molecule has 0 aromatic heterocycles. The Morgan fingerprint density at radius 3 is 2.60 bits per heavy atom. The average molecular weight is 207 g/mol. The van der Waals surface area contributed by atoms with Gasteiger partial charge < -0.3 is 4.89 Å². The summed E-state index contributed by atoms with van der Waals surface area (Å²) in [5, 5.41) is 15.1. The minimum atomic E-state index is 0.430. The van der Waals surface area contributed by atoms with Crippen molar-refractivity contribution in [1.29, 1.82) is 0 Å². The summed E-state index contributed by atoms with van der Waals surface area (Å²) >= 11 is 0. The molecule has 5 heteroatoms. The topological polar surface area (TPSA) is 60.3 Å². The first-order valence-electron chi connectivity index (χ1n) is 4.37. The molecule has 0 bridgehead atoms. The second-order valence-electron chi connectivity index (χ2n) is 2.91. The van der Waals surface area contributed by atoms with E-state index < -0.39 is 0 Å². The molecule has 0 atom stereocenters. The average Bonchev–Trinajstić information content (AvgIpc) is 2.80. The molecule has 1 aromatic carbocycles. The molecule has 1 aromatic rings. The first-order valence-corrected chi connectivity index (χ1v) is 4.37. The van der Waals surface area contributed by atoms with E-state index in [1.54, 1.807) is 18.3 Å². The Balaban J connectivity index is 2.04. The van der Waals surface area contributed by atoms with E-state index in [9.17, 15) is 0 Å². The SMILES string of the molecule is OOOOc1ccc(C2=NC=CC2)cc1. The molecule has 1 aliphatic rings. The van der Waals surface area contributed by atoms with Crippen LogP contribution in [0.5, 0.6) is 5.75 Å². The van der Waals surface area contributed by atoms with Crippen LogP contribution in [0.15, 0.2) is 41.5 Å². The van der Waals surface area contributed by atoms with E-state index in [1.807, 2.05) is 18.2 Å². The third-order valence-electron chi connectivity index (χ3n) is 2.00. The second kappa shape index (κ2) is 4.70. The predicted octanol–water partition coefficient (Wildman–Crippen LogP) is 2.11. The molecular formula is C10H9NO4. The van der Waals surface area contributed by atoms with Crippen LogP contribution in [0.1, 0.15) is 12.0 Å². The highest BCUT2D eigenvalue weighted by Crippen LogP contribution is 2.16. The van der Waals surface area contributed by atoms with Crippen LogP contribution in [0, 0.1) is 0 Å². The van der Waals surface area contributed by atoms with Gasteiger partial charge in [-0.1, -0.05) is 6.08 Å². The fourth-order valence-corrected chi connectivity index (χ4v) is 1.31. The first kappa shape index (κ1) is 9.85. The lowest BCUT2D eigenvalue weighted by molar-refractivity contribution is -0.594. The first-order chi connectivity index (χ1) is 7.40. The van der Waals surface area contributed by atoms with Crippen molar-refractivity contribution in [2.24, 2.45) is 4.99 Å². The number of rotatable bonds is 4. The zero-order valence-corrected chi connectivity index (χ0v) is 7.79. The Labute approximate surface area is 86.0 Å². The molecule has 0 saturated heterocycles. The molecule has 15 heavy (non-hydrogen) atoms. The molecule has 1 heterocycles. The Kier molecular flexibility index (Phi) is 3.08. The zero-order chi connectivity index (χ0) is 10.5. The number of benzene rings is 1. The van der Waals surface area contributed by atoms with E-state index in [0.717, 1.165) is 17.7 Å². The summed E-state index contributed by atoms with van der Waals surface area (Å²) < 4.78 is 0. The van der Waals surface area contributed by atoms with Gasteiger partial charge in [0.2, 0.25) is 0 Å². The molecule has 0 unspecified atom stereocenters. The maximum absolute atomic E-state index is 7.88. The van der Waals surface area contributed by atoms with Gasteiger partial charge >= 0.3 is 0 Å². The number of nitrogens with zero attached hydrogens (tertiary/aromatic N) is 1. The number of allylic oxidation sites excluding steroid dienone is 1. The van der Waals surface area contributed by atoms with Crippen molar-refractivity contribution in [2.75, 3.05) is 0 Å². The third kappa shape index (κ3) is 2.41. The van der Waals surface area contributed by atoms with Crippen molar-refractivity contribution in [3.63, 3.8) is 0 Å². The van der Waals surface area contributed by atoms with Crippen molar-refractivity contribution >= 4 is 5.71 Å². The Hall–Kier alpha value is -1.69. The Morgan fingerprint density at radius 2 is 2.00 bits per heavy atom. The van der Waals surface area contributed by atoms with E-state index in [0.29, 0.717) is 5.75 Å². The summed E-state index contributed by atoms with van der Waals surface area (Å²) in [5.41, 5.74) is 2.04. The Bertz CT molecular complexity index is 383. The summed E-state index contributed by atoms with van der Waals surface area (Å²) in [4.78, 5) is 8.74. The van der Waals surface area contributed by atoms with E-state index in [4.69, 9.17) is 5.26 Å². The highest BCUT2D eigenvalue weighted by molar-refractivity contribution is 6.03. The van der Waals surface area contributed by atoms with Crippen LogP contribution in [0.25, 0.3) is 0 Å². The molecule has 2 rings (SSSR count). The van der Waals surface area contributed by atoms with Crippen molar-refractivity contribution in [3.05, 3.63) is 42.1 Å². The maximum atomic E-state index is 7.88. The van der Waals surface area contributed by atoms with Crippen LogP contribution in [0.3, 0.4) is 0 Å². The minimum Gasteiger partial charge on any atom is -0.306 e. The lowest BCUT2D eigenvalue weighted by Crippen LogP contribution is -1.98. The highest BCUT2D eigenvalue weighted by Gasteiger charge is 2.05. The molecule has 0 fully saturated rings.